The Labute approximate surface area is 458 Å². The summed E-state index contributed by atoms with van der Waals surface area (Å²) in [7, 11) is 0. The number of nitrogens with zero attached hydrogens (tertiary/aromatic N) is 1. The van der Waals surface area contributed by atoms with E-state index >= 15 is 0 Å². The van der Waals surface area contributed by atoms with Crippen molar-refractivity contribution in [2.75, 3.05) is 49.4 Å². The van der Waals surface area contributed by atoms with Crippen molar-refractivity contribution in [3.63, 3.8) is 0 Å². The number of anilines is 1. The average Bonchev–Trinajstić information content (AvgIpc) is 3.75. The number of ketones is 1. The van der Waals surface area contributed by atoms with E-state index in [4.69, 9.17) is 51.9 Å². The number of esters is 1. The van der Waals surface area contributed by atoms with Crippen molar-refractivity contribution in [3.05, 3.63) is 42.0 Å². The summed E-state index contributed by atoms with van der Waals surface area (Å²) in [5.41, 5.74) is 0.464. The first-order chi connectivity index (χ1) is 35.7. The summed E-state index contributed by atoms with van der Waals surface area (Å²) in [4.78, 5) is 69.0. The first-order valence-corrected chi connectivity index (χ1v) is 29.4. The molecule has 16 atom stereocenters. The molecule has 0 radical (unpaired) electrons. The monoisotopic (exact) mass is 1090 g/mol. The van der Waals surface area contributed by atoms with Crippen LogP contribution in [0.4, 0.5) is 5.69 Å². The Balaban J connectivity index is 1.17. The molecule has 0 aromatic heterocycles. The van der Waals surface area contributed by atoms with Crippen LogP contribution in [0.15, 0.2) is 36.4 Å². The molecule has 4 N–H and O–H groups in total. The molecule has 0 saturated carbocycles. The Morgan fingerprint density at radius 3 is 2.17 bits per heavy atom. The zero-order valence-electron chi connectivity index (χ0n) is 46.8. The number of carbonyl (C=O) groups excluding carboxylic acids is 4. The second-order valence-corrected chi connectivity index (χ2v) is 23.4. The fraction of sp³-hybridized carbons (Fsp3) is 0.793. The minimum Gasteiger partial charge on any atom is -0.452 e. The van der Waals surface area contributed by atoms with Gasteiger partial charge in [-0.2, -0.15) is 4.89 Å². The van der Waals surface area contributed by atoms with Gasteiger partial charge in [0, 0.05) is 81.1 Å². The average molecular weight is 1100 g/mol. The lowest BCUT2D eigenvalue weighted by Gasteiger charge is -2.44. The van der Waals surface area contributed by atoms with Gasteiger partial charge in [-0.15, -0.1) is 23.2 Å². The number of hydrogen-bond acceptors (Lipinski definition) is 13. The van der Waals surface area contributed by atoms with Gasteiger partial charge < -0.3 is 44.7 Å². The molecule has 4 heterocycles. The van der Waals surface area contributed by atoms with Crippen molar-refractivity contribution in [1.82, 2.24) is 10.6 Å². The minimum atomic E-state index is -1.56. The lowest BCUT2D eigenvalue weighted by Crippen LogP contribution is -2.54. The second-order valence-electron chi connectivity index (χ2n) is 22.7. The Morgan fingerprint density at radius 2 is 1.56 bits per heavy atom. The third-order valence-corrected chi connectivity index (χ3v) is 17.3. The molecule has 4 aliphatic heterocycles. The van der Waals surface area contributed by atoms with E-state index < -0.39 is 71.0 Å². The molecule has 1 spiro atoms. The van der Waals surface area contributed by atoms with E-state index in [2.05, 4.69) is 53.6 Å². The van der Waals surface area contributed by atoms with E-state index in [1.807, 2.05) is 53.7 Å². The van der Waals surface area contributed by atoms with Crippen molar-refractivity contribution < 1.29 is 58.1 Å². The summed E-state index contributed by atoms with van der Waals surface area (Å²) in [6, 6.07) is 8.27. The predicted octanol–water partition coefficient (Wildman–Crippen LogP) is 9.03. The van der Waals surface area contributed by atoms with Crippen LogP contribution in [0.3, 0.4) is 0 Å². The summed E-state index contributed by atoms with van der Waals surface area (Å²) in [5.74, 6) is -3.82. The highest BCUT2D eigenvalue weighted by molar-refractivity contribution is 6.18. The van der Waals surface area contributed by atoms with Crippen molar-refractivity contribution in [2.24, 2.45) is 41.4 Å². The topological polar surface area (TPSA) is 191 Å². The molecule has 75 heavy (non-hydrogen) atoms. The normalized spacial score (nSPS) is 32.8. The maximum Gasteiger partial charge on any atom is 0.303 e. The number of halogens is 2. The molecule has 3 saturated heterocycles. The van der Waals surface area contributed by atoms with E-state index in [0.29, 0.717) is 88.9 Å². The molecular formula is C58H93Cl2N3O12. The number of carbonyl (C=O) groups is 4. The van der Waals surface area contributed by atoms with Gasteiger partial charge in [0.25, 0.3) is 0 Å². The highest BCUT2D eigenvalue weighted by Gasteiger charge is 2.59. The molecule has 1 aromatic rings. The molecule has 0 unspecified atom stereocenters. The molecule has 1 aromatic carbocycles. The maximum absolute atomic E-state index is 14.8. The molecule has 5 rings (SSSR count). The first-order valence-electron chi connectivity index (χ1n) is 28.3. The lowest BCUT2D eigenvalue weighted by atomic mass is 9.74. The number of rotatable bonds is 25. The summed E-state index contributed by atoms with van der Waals surface area (Å²) in [5, 5.41) is 29.0. The minimum absolute atomic E-state index is 0.0151. The zero-order valence-corrected chi connectivity index (χ0v) is 48.3. The van der Waals surface area contributed by atoms with Gasteiger partial charge in [0.05, 0.1) is 48.1 Å². The first kappa shape index (κ1) is 63.0. The molecular weight excluding hydrogens is 1000 g/mol. The number of nitrogens with one attached hydrogen (secondary N) is 2. The van der Waals surface area contributed by atoms with Gasteiger partial charge in [-0.05, 0) is 119 Å². The number of aliphatic hydroxyl groups excluding tert-OH is 1. The quantitative estimate of drug-likeness (QED) is 0.0239. The number of allylic oxidation sites excluding steroid dienone is 1. The van der Waals surface area contributed by atoms with Crippen molar-refractivity contribution in [1.29, 1.82) is 0 Å². The van der Waals surface area contributed by atoms with Gasteiger partial charge in [-0.1, -0.05) is 73.6 Å². The molecule has 426 valence electrons. The SMILES string of the molecule is CC[C@@H](C(=O)[C@@H](C)[C@@H](O)[C@H](C)[C@@H]1O[C@@H]([C@@H](CC)C(=O)NCCNC(=O)CCCc2ccc(N(CCCl)CCCl)cc2)CC[C@@H]1C)[C@H]1OO[C@@]2(CC[C@@](C)([C@H]3CC[C@](O)(CC)CO3)O2)[C@H](OC(C)=O)/C=C\[C@H](C)C[C@@H]1C. The van der Waals surface area contributed by atoms with E-state index in [0.717, 1.165) is 37.2 Å². The summed E-state index contributed by atoms with van der Waals surface area (Å²) in [6.07, 6.45) is 7.34. The van der Waals surface area contributed by atoms with E-state index in [9.17, 15) is 29.4 Å². The van der Waals surface area contributed by atoms with Gasteiger partial charge in [-0.3, -0.25) is 19.2 Å². The van der Waals surface area contributed by atoms with Crippen LogP contribution >= 0.6 is 23.2 Å². The maximum atomic E-state index is 14.8. The number of aliphatic hydroxyl groups is 2. The number of ether oxygens (including phenoxy) is 4. The molecule has 0 bridgehead atoms. The third-order valence-electron chi connectivity index (χ3n) is 17.0. The summed E-state index contributed by atoms with van der Waals surface area (Å²) >= 11 is 11.9. The van der Waals surface area contributed by atoms with Gasteiger partial charge in [-0.25, -0.2) is 4.89 Å². The van der Waals surface area contributed by atoms with Crippen LogP contribution in [0.25, 0.3) is 0 Å². The second kappa shape index (κ2) is 29.4. The predicted molar refractivity (Wildman–Crippen MR) is 292 cm³/mol. The fourth-order valence-electron chi connectivity index (χ4n) is 12.1. The van der Waals surface area contributed by atoms with Crippen LogP contribution in [0, 0.1) is 41.4 Å². The largest absolute Gasteiger partial charge is 0.452 e. The van der Waals surface area contributed by atoms with Crippen molar-refractivity contribution in [2.45, 2.75) is 206 Å². The van der Waals surface area contributed by atoms with E-state index in [1.165, 1.54) is 6.92 Å². The smallest absolute Gasteiger partial charge is 0.303 e. The summed E-state index contributed by atoms with van der Waals surface area (Å²) < 4.78 is 25.9. The fourth-order valence-corrected chi connectivity index (χ4v) is 12.5. The number of alkyl halides is 2. The Bertz CT molecular complexity index is 1980. The van der Waals surface area contributed by atoms with E-state index in [-0.39, 0.29) is 60.7 Å². The number of Topliss-reactive ketones (excluding diaryl/α,β-unsaturated/α-hetero) is 1. The molecule has 15 nitrogen and oxygen atoms in total. The lowest BCUT2D eigenvalue weighted by molar-refractivity contribution is -0.468. The van der Waals surface area contributed by atoms with Gasteiger partial charge in [0.1, 0.15) is 11.9 Å². The van der Waals surface area contributed by atoms with Gasteiger partial charge in [0.2, 0.25) is 17.6 Å². The van der Waals surface area contributed by atoms with Crippen LogP contribution in [0.1, 0.15) is 152 Å². The molecule has 0 aliphatic carbocycles. The van der Waals surface area contributed by atoms with E-state index in [1.54, 1.807) is 6.92 Å². The number of amides is 2. The number of hydrogen-bond donors (Lipinski definition) is 4. The Morgan fingerprint density at radius 1 is 0.880 bits per heavy atom. The molecule has 2 amide bonds. The van der Waals surface area contributed by atoms with Crippen molar-refractivity contribution >= 4 is 52.5 Å². The van der Waals surface area contributed by atoms with Crippen LogP contribution in [-0.2, 0) is 54.3 Å². The summed E-state index contributed by atoms with van der Waals surface area (Å²) in [6.45, 7) is 21.3. The highest BCUT2D eigenvalue weighted by Crippen LogP contribution is 2.49. The Hall–Kier alpha value is -2.86. The van der Waals surface area contributed by atoms with Crippen LogP contribution in [-0.4, -0.2) is 132 Å². The highest BCUT2D eigenvalue weighted by atomic mass is 35.5. The molecule has 17 heteroatoms. The standard InChI is InChI=1S/C58H93Cl2N3O12/c1-11-45(55(68)62-32-31-61-50(65)16-14-15-43-19-21-44(22-20-43)63(33-29-59)34-30-60)47-23-18-38(5)53(72-47)41(8)51(66)40(7)52(67)46(12-2)54-39(6)35-37(4)17-24-49(71-42(9)64)58(75-73-54)28-27-56(10,74-58)48-25-26-57(69,13-3)36-70-48/h17,19-22,24,37-41,45-49,51,53-54,66,69H,11-16,18,23,25-36H2,1-10H3,(H,61,65)(H,62,68)/b24-17-/t37-,38-,39-,40-,41-,45+,46-,47+,48+,49+,51+,53+,54-,56-,57+,58-/m0/s1. The number of aryl methyl sites for hydroxylation is 1. The third kappa shape index (κ3) is 16.8. The molecule has 3 fully saturated rings. The van der Waals surface area contributed by atoms with Crippen LogP contribution in [0.2, 0.25) is 0 Å². The van der Waals surface area contributed by atoms with Gasteiger partial charge >= 0.3 is 5.97 Å². The van der Waals surface area contributed by atoms with Crippen LogP contribution < -0.4 is 15.5 Å². The van der Waals surface area contributed by atoms with Crippen molar-refractivity contribution in [3.8, 4) is 0 Å². The van der Waals surface area contributed by atoms with Gasteiger partial charge in [0.15, 0.2) is 6.10 Å². The Kier molecular flexibility index (Phi) is 24.7. The van der Waals surface area contributed by atoms with Crippen LogP contribution in [0.5, 0.6) is 0 Å². The zero-order chi connectivity index (χ0) is 55.1. The molecule has 4 aliphatic rings. The number of benzene rings is 1.